The molecule has 334 valence electrons. The van der Waals surface area contributed by atoms with E-state index in [9.17, 15) is 0 Å². The van der Waals surface area contributed by atoms with Crippen LogP contribution in [0.15, 0.2) is 120 Å². The molecule has 0 atom stereocenters. The van der Waals surface area contributed by atoms with Gasteiger partial charge >= 0.3 is 0 Å². The molecule has 4 aliphatic carbocycles. The van der Waals surface area contributed by atoms with Crippen LogP contribution in [-0.4, -0.2) is 6.71 Å². The van der Waals surface area contributed by atoms with Crippen molar-refractivity contribution in [3.8, 4) is 11.1 Å². The normalized spacial score (nSPS) is 22.2. The first-order valence-electron chi connectivity index (χ1n) is 25.0. The summed E-state index contributed by atoms with van der Waals surface area (Å²) in [5.41, 5.74) is 22.7. The SMILES string of the molecule is CC(C)(C)c1ccc(N2c3cc4c(cc3B3c5c2cc(-c2ccccc2)cc5N(c2ccc(C(C)(C)C)cc2)c2oc5cc6c(cc5c23)C2(C)CCC6(C)CC2)C(C)(C)CCC4(C)C)cc1. The maximum Gasteiger partial charge on any atom is 0.257 e. The zero-order valence-electron chi connectivity index (χ0n) is 41.6. The van der Waals surface area contributed by atoms with Gasteiger partial charge in [-0.2, -0.15) is 0 Å². The standard InChI is InChI=1S/C62H67BN2O/c1-57(2,3)40-18-22-42(23-19-40)64-50-36-46-45(59(7,8)26-27-60(46,9)10)35-49(50)63-54-44-34-47-48(62(12)30-28-61(47,11)29-31-62)37-53(44)66-56(54)65(43-24-20-41(21-25-43)58(4,5)6)52-33-39(32-51(64)55(52)63)38-16-14-13-15-17-38/h13-25,32-37H,26-31H2,1-12H3. The van der Waals surface area contributed by atoms with Gasteiger partial charge in [0.25, 0.3) is 6.71 Å². The summed E-state index contributed by atoms with van der Waals surface area (Å²) >= 11 is 0. The number of furan rings is 1. The molecule has 3 heterocycles. The van der Waals surface area contributed by atoms with Crippen molar-refractivity contribution in [1.82, 2.24) is 0 Å². The quantitative estimate of drug-likeness (QED) is 0.165. The lowest BCUT2D eigenvalue weighted by Gasteiger charge is -2.52. The maximum absolute atomic E-state index is 7.58. The molecule has 0 N–H and O–H groups in total. The number of fused-ring (bicyclic) bond motifs is 9. The van der Waals surface area contributed by atoms with E-state index in [2.05, 4.69) is 208 Å². The summed E-state index contributed by atoms with van der Waals surface area (Å²) < 4.78 is 7.58. The van der Waals surface area contributed by atoms with Gasteiger partial charge in [-0.25, -0.2) is 0 Å². The Bertz CT molecular complexity index is 3130. The van der Waals surface area contributed by atoms with Crippen molar-refractivity contribution in [2.45, 2.75) is 154 Å². The third-order valence-electron chi connectivity index (χ3n) is 17.6. The summed E-state index contributed by atoms with van der Waals surface area (Å²) in [5.74, 6) is 0.957. The van der Waals surface area contributed by atoms with Crippen LogP contribution >= 0.6 is 0 Å². The van der Waals surface area contributed by atoms with E-state index >= 15 is 0 Å². The molecule has 2 aliphatic heterocycles. The second-order valence-electron chi connectivity index (χ2n) is 25.1. The molecule has 1 saturated carbocycles. The Kier molecular flexibility index (Phi) is 8.63. The lowest BCUT2D eigenvalue weighted by atomic mass is 9.33. The van der Waals surface area contributed by atoms with Gasteiger partial charge in [-0.05, 0) is 181 Å². The van der Waals surface area contributed by atoms with Gasteiger partial charge in [0, 0.05) is 39.3 Å². The molecule has 13 rings (SSSR count). The Morgan fingerprint density at radius 1 is 0.470 bits per heavy atom. The van der Waals surface area contributed by atoms with Gasteiger partial charge in [-0.3, -0.25) is 4.90 Å². The number of rotatable bonds is 3. The van der Waals surface area contributed by atoms with Gasteiger partial charge < -0.3 is 9.32 Å². The number of nitrogens with zero attached hydrogens (tertiary/aromatic N) is 2. The molecular weight excluding hydrogens is 800 g/mol. The van der Waals surface area contributed by atoms with Crippen molar-refractivity contribution in [3.05, 3.63) is 149 Å². The van der Waals surface area contributed by atoms with E-state index in [0.717, 1.165) is 23.6 Å². The summed E-state index contributed by atoms with van der Waals surface area (Å²) in [4.78, 5) is 5.14. The van der Waals surface area contributed by atoms with Crippen LogP contribution in [0, 0.1) is 0 Å². The summed E-state index contributed by atoms with van der Waals surface area (Å²) in [6, 6.07) is 45.3. The van der Waals surface area contributed by atoms with Crippen LogP contribution in [0.4, 0.5) is 34.3 Å². The fourth-order valence-corrected chi connectivity index (χ4v) is 13.1. The first-order valence-corrected chi connectivity index (χ1v) is 25.0. The van der Waals surface area contributed by atoms with Crippen molar-refractivity contribution in [3.63, 3.8) is 0 Å². The minimum absolute atomic E-state index is 0.0291. The smallest absolute Gasteiger partial charge is 0.257 e. The average molecular weight is 867 g/mol. The molecule has 0 saturated heterocycles. The van der Waals surface area contributed by atoms with Crippen molar-refractivity contribution in [1.29, 1.82) is 0 Å². The van der Waals surface area contributed by atoms with Crippen molar-refractivity contribution < 1.29 is 4.42 Å². The minimum Gasteiger partial charge on any atom is -0.440 e. The molecule has 0 radical (unpaired) electrons. The molecular formula is C62H67BN2O. The fourth-order valence-electron chi connectivity index (χ4n) is 13.1. The molecule has 66 heavy (non-hydrogen) atoms. The van der Waals surface area contributed by atoms with Crippen LogP contribution in [-0.2, 0) is 32.5 Å². The zero-order valence-corrected chi connectivity index (χ0v) is 41.6. The third-order valence-corrected chi connectivity index (χ3v) is 17.6. The maximum atomic E-state index is 7.58. The summed E-state index contributed by atoms with van der Waals surface area (Å²) in [6.45, 7) is 28.8. The number of benzene rings is 6. The van der Waals surface area contributed by atoms with Crippen molar-refractivity contribution >= 4 is 68.4 Å². The molecule has 7 aromatic rings. The van der Waals surface area contributed by atoms with E-state index in [0.29, 0.717) is 0 Å². The third kappa shape index (κ3) is 6.01. The van der Waals surface area contributed by atoms with Crippen LogP contribution in [0.3, 0.4) is 0 Å². The van der Waals surface area contributed by atoms with Gasteiger partial charge in [0.05, 0.1) is 0 Å². The second-order valence-corrected chi connectivity index (χ2v) is 25.1. The van der Waals surface area contributed by atoms with E-state index in [1.165, 1.54) is 116 Å². The topological polar surface area (TPSA) is 19.6 Å². The highest BCUT2D eigenvalue weighted by Crippen LogP contribution is 2.58. The van der Waals surface area contributed by atoms with E-state index < -0.39 is 0 Å². The van der Waals surface area contributed by atoms with Crippen molar-refractivity contribution in [2.24, 2.45) is 0 Å². The molecule has 1 fully saturated rings. The van der Waals surface area contributed by atoms with Crippen LogP contribution in [0.2, 0.25) is 0 Å². The molecule has 0 amide bonds. The van der Waals surface area contributed by atoms with E-state index in [1.54, 1.807) is 5.56 Å². The predicted molar refractivity (Wildman–Crippen MR) is 282 cm³/mol. The van der Waals surface area contributed by atoms with Crippen LogP contribution < -0.4 is 26.2 Å². The number of hydrogen-bond acceptors (Lipinski definition) is 3. The fraction of sp³-hybridized carbons (Fsp3) is 0.387. The molecule has 2 bridgehead atoms. The average Bonchev–Trinajstić information content (AvgIpc) is 3.65. The van der Waals surface area contributed by atoms with Gasteiger partial charge in [-0.1, -0.05) is 144 Å². The zero-order chi connectivity index (χ0) is 46.1. The molecule has 3 nitrogen and oxygen atoms in total. The monoisotopic (exact) mass is 867 g/mol. The number of anilines is 6. The largest absolute Gasteiger partial charge is 0.440 e. The summed E-state index contributed by atoms with van der Waals surface area (Å²) in [6.07, 6.45) is 7.30. The summed E-state index contributed by atoms with van der Waals surface area (Å²) in [5, 5.41) is 1.28. The minimum atomic E-state index is -0.0466. The lowest BCUT2D eigenvalue weighted by Crippen LogP contribution is -2.61. The molecule has 1 aromatic heterocycles. The Hall–Kier alpha value is -5.48. The lowest BCUT2D eigenvalue weighted by molar-refractivity contribution is 0.188. The Balaban J connectivity index is 1.23. The van der Waals surface area contributed by atoms with Gasteiger partial charge in [0.2, 0.25) is 5.88 Å². The van der Waals surface area contributed by atoms with Crippen LogP contribution in [0.5, 0.6) is 0 Å². The van der Waals surface area contributed by atoms with E-state index in [1.807, 2.05) is 0 Å². The highest BCUT2D eigenvalue weighted by molar-refractivity contribution is 7.01. The molecule has 0 spiro atoms. The van der Waals surface area contributed by atoms with E-state index in [4.69, 9.17) is 4.42 Å². The first kappa shape index (κ1) is 41.9. The highest BCUT2D eigenvalue weighted by atomic mass is 16.4. The molecule has 6 aliphatic rings. The van der Waals surface area contributed by atoms with E-state index in [-0.39, 0.29) is 39.2 Å². The molecule has 0 unspecified atom stereocenters. The Morgan fingerprint density at radius 2 is 0.970 bits per heavy atom. The first-order chi connectivity index (χ1) is 31.2. The van der Waals surface area contributed by atoms with Crippen LogP contribution in [0.1, 0.15) is 155 Å². The van der Waals surface area contributed by atoms with Gasteiger partial charge in [0.15, 0.2) is 0 Å². The Morgan fingerprint density at radius 3 is 1.52 bits per heavy atom. The second kappa shape index (κ2) is 13.6. The predicted octanol–water partition coefficient (Wildman–Crippen LogP) is 15.2. The Labute approximate surface area is 394 Å². The van der Waals surface area contributed by atoms with Crippen molar-refractivity contribution in [2.75, 3.05) is 9.80 Å². The molecule has 4 heteroatoms. The number of hydrogen-bond donors (Lipinski definition) is 0. The molecule has 6 aromatic carbocycles. The van der Waals surface area contributed by atoms with Gasteiger partial charge in [-0.15, -0.1) is 0 Å². The van der Waals surface area contributed by atoms with Gasteiger partial charge in [0.1, 0.15) is 5.58 Å². The van der Waals surface area contributed by atoms with Crippen LogP contribution in [0.25, 0.3) is 22.1 Å². The highest BCUT2D eigenvalue weighted by Gasteiger charge is 2.51. The summed E-state index contributed by atoms with van der Waals surface area (Å²) in [7, 11) is 0.